The summed E-state index contributed by atoms with van der Waals surface area (Å²) >= 11 is 0. The lowest BCUT2D eigenvalue weighted by atomic mass is 9.86. The van der Waals surface area contributed by atoms with Crippen LogP contribution in [0.3, 0.4) is 0 Å². The molecule has 1 fully saturated rings. The first-order chi connectivity index (χ1) is 31.0. The summed E-state index contributed by atoms with van der Waals surface area (Å²) in [6.07, 6.45) is 25.5. The van der Waals surface area contributed by atoms with Crippen LogP contribution in [0.25, 0.3) is 0 Å². The third-order valence-corrected chi connectivity index (χ3v) is 17.4. The number of nitrogens with zero attached hydrogens (tertiary/aromatic N) is 1. The number of amides is 1. The van der Waals surface area contributed by atoms with Gasteiger partial charge in [-0.3, -0.25) is 4.90 Å². The number of allylic oxidation sites excluding steroid dienone is 12. The molecule has 0 bridgehead atoms. The molecule has 0 aliphatic carbocycles. The Kier molecular flexibility index (Phi) is 19.4. The van der Waals surface area contributed by atoms with Gasteiger partial charge in [0.15, 0.2) is 0 Å². The van der Waals surface area contributed by atoms with Crippen molar-refractivity contribution in [2.24, 2.45) is 11.8 Å². The van der Waals surface area contributed by atoms with E-state index in [1.165, 1.54) is 16.4 Å². The summed E-state index contributed by atoms with van der Waals surface area (Å²) in [4.78, 5) is 28.6. The first-order valence-electron chi connectivity index (χ1n) is 23.6. The van der Waals surface area contributed by atoms with Gasteiger partial charge in [0.2, 0.25) is 0 Å². The zero-order valence-electron chi connectivity index (χ0n) is 42.5. The highest BCUT2D eigenvalue weighted by Gasteiger charge is 2.53. The Labute approximate surface area is 399 Å². The fourth-order valence-electron chi connectivity index (χ4n) is 8.97. The van der Waals surface area contributed by atoms with Gasteiger partial charge >= 0.3 is 12.1 Å². The van der Waals surface area contributed by atoms with Crippen LogP contribution in [0.4, 0.5) is 4.79 Å². The molecule has 358 valence electrons. The number of carbonyl (C=O) groups is 2. The summed E-state index contributed by atoms with van der Waals surface area (Å²) in [7, 11) is -1.11. The van der Waals surface area contributed by atoms with Crippen molar-refractivity contribution in [2.75, 3.05) is 7.11 Å². The van der Waals surface area contributed by atoms with Crippen LogP contribution in [0, 0.1) is 11.8 Å². The van der Waals surface area contributed by atoms with Crippen molar-refractivity contribution in [3.05, 3.63) is 156 Å². The van der Waals surface area contributed by atoms with E-state index in [2.05, 4.69) is 138 Å². The van der Waals surface area contributed by atoms with Crippen LogP contribution in [-0.2, 0) is 28.2 Å². The maximum absolute atomic E-state index is 13.5. The maximum atomic E-state index is 13.5. The minimum atomic E-state index is -2.89. The molecule has 9 heteroatoms. The average Bonchev–Trinajstić information content (AvgIpc) is 3.50. The minimum absolute atomic E-state index is 0.0963. The van der Waals surface area contributed by atoms with E-state index in [-0.39, 0.29) is 35.1 Å². The molecule has 1 amide bonds. The van der Waals surface area contributed by atoms with Crippen LogP contribution >= 0.6 is 0 Å². The van der Waals surface area contributed by atoms with E-state index in [1.807, 2.05) is 86.6 Å². The van der Waals surface area contributed by atoms with Crippen LogP contribution in [0.2, 0.25) is 5.04 Å². The number of rotatable bonds is 7. The van der Waals surface area contributed by atoms with Gasteiger partial charge in [0.05, 0.1) is 24.4 Å². The van der Waals surface area contributed by atoms with E-state index in [9.17, 15) is 9.59 Å². The Balaban J connectivity index is 1.74. The normalized spacial score (nSPS) is 29.5. The van der Waals surface area contributed by atoms with E-state index in [0.717, 1.165) is 16.7 Å². The lowest BCUT2D eigenvalue weighted by Gasteiger charge is -2.45. The van der Waals surface area contributed by atoms with Gasteiger partial charge in [-0.1, -0.05) is 185 Å². The summed E-state index contributed by atoms with van der Waals surface area (Å²) < 4.78 is 32.5. The molecular weight excluding hydrogens is 839 g/mol. The summed E-state index contributed by atoms with van der Waals surface area (Å²) in [5, 5.41) is 2.27. The van der Waals surface area contributed by atoms with Crippen LogP contribution in [0.15, 0.2) is 156 Å². The van der Waals surface area contributed by atoms with Gasteiger partial charge in [-0.25, -0.2) is 9.59 Å². The molecule has 0 saturated carbocycles. The molecule has 2 aromatic rings. The van der Waals surface area contributed by atoms with E-state index < -0.39 is 43.9 Å². The van der Waals surface area contributed by atoms with Crippen molar-refractivity contribution >= 4 is 30.8 Å². The largest absolute Gasteiger partial charge is 0.458 e. The second-order valence-electron chi connectivity index (χ2n) is 20.5. The molecule has 66 heavy (non-hydrogen) atoms. The molecule has 0 N–H and O–H groups in total. The van der Waals surface area contributed by atoms with Gasteiger partial charge in [0.25, 0.3) is 8.32 Å². The molecule has 2 aromatic carbocycles. The minimum Gasteiger partial charge on any atom is -0.458 e. The van der Waals surface area contributed by atoms with Crippen molar-refractivity contribution in [3.63, 3.8) is 0 Å². The Morgan fingerprint density at radius 1 is 0.773 bits per heavy atom. The molecule has 7 atom stereocenters. The second-order valence-corrected chi connectivity index (χ2v) is 24.7. The summed E-state index contributed by atoms with van der Waals surface area (Å²) in [6, 6.07) is 21.2. The lowest BCUT2D eigenvalue weighted by Crippen LogP contribution is -2.67. The van der Waals surface area contributed by atoms with Gasteiger partial charge in [-0.15, -0.1) is 0 Å². The third kappa shape index (κ3) is 14.8. The number of hydrogen-bond donors (Lipinski definition) is 0. The van der Waals surface area contributed by atoms with Crippen LogP contribution < -0.4 is 10.4 Å². The number of cyclic esters (lactones) is 1. The highest BCUT2D eigenvalue weighted by Crippen LogP contribution is 2.40. The molecule has 2 aliphatic rings. The predicted molar refractivity (Wildman–Crippen MR) is 274 cm³/mol. The van der Waals surface area contributed by atoms with Crippen molar-refractivity contribution in [1.29, 1.82) is 0 Å². The maximum Gasteiger partial charge on any atom is 0.412 e. The average molecular weight is 918 g/mol. The highest BCUT2D eigenvalue weighted by molar-refractivity contribution is 6.99. The van der Waals surface area contributed by atoms with Crippen LogP contribution in [-0.4, -0.2) is 74.2 Å². The number of methoxy groups -OCH3 is 1. The standard InChI is InChI=1S/C57H79NO7Si/c1-41-26-19-16-20-28-48(65-66(56(10,11)12,49-29-21-17-22-30-49)50-31-23-18-24-32-50)40-47(61-15)39-37-43(3)35-34-42(2)27-25-33-51(59)62-52(44(4)38-36-41)45(5)53-46(6)58(57(13,14)63-53)54(60)64-55(7,8)9/h16-38,44-48,52-53H,39-40H2,1-15H3/b19-16+,28-20+,33-25+,35-34+,38-36+,41-26+,42-27-,43-37-/t44-,45+,46-,47+,48-,52-,53+/m1/s1. The zero-order chi connectivity index (χ0) is 48.9. The van der Waals surface area contributed by atoms with Gasteiger partial charge in [0.1, 0.15) is 17.4 Å². The van der Waals surface area contributed by atoms with Gasteiger partial charge in [-0.2, -0.15) is 0 Å². The topological polar surface area (TPSA) is 83.5 Å². The van der Waals surface area contributed by atoms with Crippen molar-refractivity contribution in [1.82, 2.24) is 4.90 Å². The molecule has 1 saturated heterocycles. The molecule has 0 radical (unpaired) electrons. The Morgan fingerprint density at radius 2 is 1.35 bits per heavy atom. The van der Waals surface area contributed by atoms with E-state index in [0.29, 0.717) is 12.8 Å². The smallest absolute Gasteiger partial charge is 0.412 e. The first kappa shape index (κ1) is 53.8. The number of esters is 1. The fourth-order valence-corrected chi connectivity index (χ4v) is 13.6. The molecule has 2 aliphatic heterocycles. The van der Waals surface area contributed by atoms with Crippen LogP contribution in [0.1, 0.15) is 110 Å². The van der Waals surface area contributed by atoms with E-state index >= 15 is 0 Å². The monoisotopic (exact) mass is 918 g/mol. The van der Waals surface area contributed by atoms with Gasteiger partial charge < -0.3 is 23.4 Å². The highest BCUT2D eigenvalue weighted by atomic mass is 28.4. The number of benzene rings is 2. The van der Waals surface area contributed by atoms with E-state index in [4.69, 9.17) is 23.4 Å². The zero-order valence-corrected chi connectivity index (χ0v) is 43.5. The number of ether oxygens (including phenoxy) is 4. The molecule has 0 spiro atoms. The first-order valence-corrected chi connectivity index (χ1v) is 25.5. The van der Waals surface area contributed by atoms with Crippen molar-refractivity contribution in [2.45, 2.75) is 157 Å². The predicted octanol–water partition coefficient (Wildman–Crippen LogP) is 12.3. The molecule has 8 nitrogen and oxygen atoms in total. The molecule has 0 unspecified atom stereocenters. The summed E-state index contributed by atoms with van der Waals surface area (Å²) in [5.41, 5.74) is 1.50. The van der Waals surface area contributed by atoms with Gasteiger partial charge in [-0.05, 0) is 84.1 Å². The molecule has 4 rings (SSSR count). The molecule has 2 heterocycles. The Hall–Kier alpha value is -4.80. The lowest BCUT2D eigenvalue weighted by molar-refractivity contribution is -0.153. The van der Waals surface area contributed by atoms with Crippen molar-refractivity contribution < 1.29 is 33.0 Å². The third-order valence-electron chi connectivity index (χ3n) is 12.3. The van der Waals surface area contributed by atoms with Crippen molar-refractivity contribution in [3.8, 4) is 0 Å². The van der Waals surface area contributed by atoms with Gasteiger partial charge in [0, 0.05) is 31.4 Å². The second kappa shape index (κ2) is 23.8. The Bertz CT molecular complexity index is 2110. The summed E-state index contributed by atoms with van der Waals surface area (Å²) in [6.45, 7) is 28.4. The molecule has 0 aromatic heterocycles. The van der Waals surface area contributed by atoms with E-state index in [1.54, 1.807) is 18.1 Å². The molecular formula is C57H79NO7Si. The number of carbonyl (C=O) groups excluding carboxylic acids is 2. The fraction of sp³-hybridized carbons (Fsp3) is 0.474. The SMILES string of the molecule is CO[C@H]1C\C=C(C)/C=C/C(C)=C\C=C\C(=O)O[C@@H]([C@H](C)[C@@H]2OC(C)(C)N(C(=O)OC(C)(C)C)[C@@H]2C)[C@H](C)/C=C/C(C)=C/C=C/C=C/[C@@H](O[Si](c2ccccc2)(c2ccccc2)C(C)(C)C)C1. The van der Waals surface area contributed by atoms with Crippen LogP contribution in [0.5, 0.6) is 0 Å². The summed E-state index contributed by atoms with van der Waals surface area (Å²) in [5.74, 6) is -0.944. The number of hydrogen-bond acceptors (Lipinski definition) is 7. The Morgan fingerprint density at radius 3 is 1.92 bits per heavy atom. The quantitative estimate of drug-likeness (QED) is 0.202.